The van der Waals surface area contributed by atoms with Crippen LogP contribution in [0, 0.1) is 12.9 Å². The maximum Gasteiger partial charge on any atom is 0.410 e. The van der Waals surface area contributed by atoms with Crippen molar-refractivity contribution in [2.45, 2.75) is 52.7 Å². The molecule has 0 aliphatic carbocycles. The van der Waals surface area contributed by atoms with Gasteiger partial charge in [0.15, 0.2) is 0 Å². The normalized spacial score (nSPS) is 15.1. The van der Waals surface area contributed by atoms with Gasteiger partial charge in [0.05, 0.1) is 0 Å². The number of nitrogens with zero attached hydrogens (tertiary/aromatic N) is 2. The highest BCUT2D eigenvalue weighted by atomic mass is 19.1. The average molecular weight is 503 g/mol. The number of hydrogen-bond donors (Lipinski definition) is 2. The summed E-state index contributed by atoms with van der Waals surface area (Å²) in [6.45, 7) is 9.01. The molecule has 0 atom stereocenters. The van der Waals surface area contributed by atoms with E-state index < -0.39 is 11.5 Å². The van der Waals surface area contributed by atoms with Crippen LogP contribution in [0.25, 0.3) is 22.3 Å². The first-order valence-corrected chi connectivity index (χ1v) is 12.5. The number of amides is 2. The van der Waals surface area contributed by atoms with Crippen LogP contribution in [-0.4, -0.2) is 40.6 Å². The van der Waals surface area contributed by atoms with E-state index in [2.05, 4.69) is 10.3 Å². The van der Waals surface area contributed by atoms with E-state index >= 15 is 4.39 Å². The molecule has 2 amide bonds. The highest BCUT2D eigenvalue weighted by Crippen LogP contribution is 2.36. The number of nitrogen functional groups attached to an aromatic ring is 1. The predicted molar refractivity (Wildman–Crippen MR) is 141 cm³/mol. The Bertz CT molecular complexity index is 1430. The first kappa shape index (κ1) is 24.7. The Morgan fingerprint density at radius 2 is 1.81 bits per heavy atom. The van der Waals surface area contributed by atoms with Crippen molar-refractivity contribution in [2.24, 2.45) is 0 Å². The number of anilines is 1. The number of hydrogen-bond acceptors (Lipinski definition) is 5. The number of nitrogens with one attached hydrogen (secondary N) is 1. The lowest BCUT2D eigenvalue weighted by atomic mass is 9.90. The molecule has 3 heterocycles. The van der Waals surface area contributed by atoms with Crippen molar-refractivity contribution >= 4 is 17.8 Å². The van der Waals surface area contributed by atoms with Crippen molar-refractivity contribution in [3.05, 3.63) is 70.2 Å². The molecule has 8 heteroatoms. The highest BCUT2D eigenvalue weighted by molar-refractivity contribution is 5.98. The van der Waals surface area contributed by atoms with Gasteiger partial charge in [0.1, 0.15) is 11.4 Å². The molecule has 0 bridgehead atoms. The van der Waals surface area contributed by atoms with Crippen LogP contribution in [0.15, 0.2) is 36.4 Å². The third kappa shape index (κ3) is 4.88. The second kappa shape index (κ2) is 9.18. The Morgan fingerprint density at radius 3 is 2.57 bits per heavy atom. The molecule has 2 aliphatic rings. The molecule has 7 nitrogen and oxygen atoms in total. The fourth-order valence-electron chi connectivity index (χ4n) is 4.99. The smallest absolute Gasteiger partial charge is 0.410 e. The van der Waals surface area contributed by atoms with Gasteiger partial charge in [-0.05, 0) is 92.1 Å². The monoisotopic (exact) mass is 502 g/mol. The van der Waals surface area contributed by atoms with Crippen molar-refractivity contribution in [3.63, 3.8) is 0 Å². The number of aromatic nitrogens is 1. The number of benzene rings is 2. The Labute approximate surface area is 215 Å². The van der Waals surface area contributed by atoms with Crippen molar-refractivity contribution in [1.82, 2.24) is 15.2 Å². The Hall–Kier alpha value is -3.94. The van der Waals surface area contributed by atoms with Crippen LogP contribution < -0.4 is 11.1 Å². The van der Waals surface area contributed by atoms with Crippen LogP contribution >= 0.6 is 0 Å². The lowest BCUT2D eigenvalue weighted by Gasteiger charge is -2.31. The fraction of sp³-hybridized carbons (Fsp3) is 0.345. The van der Waals surface area contributed by atoms with Crippen molar-refractivity contribution in [3.8, 4) is 22.3 Å². The maximum atomic E-state index is 15.1. The molecular formula is C29H31FN4O3. The Kier molecular flexibility index (Phi) is 6.14. The van der Waals surface area contributed by atoms with E-state index in [9.17, 15) is 9.59 Å². The summed E-state index contributed by atoms with van der Waals surface area (Å²) in [6, 6.07) is 11.3. The molecular weight excluding hydrogens is 471 g/mol. The Morgan fingerprint density at radius 1 is 1.03 bits per heavy atom. The van der Waals surface area contributed by atoms with Crippen molar-refractivity contribution in [1.29, 1.82) is 0 Å². The summed E-state index contributed by atoms with van der Waals surface area (Å²) in [6.07, 6.45) is 1.03. The number of carbonyl (C=O) groups is 2. The van der Waals surface area contributed by atoms with Crippen LogP contribution in [0.5, 0.6) is 0 Å². The van der Waals surface area contributed by atoms with Gasteiger partial charge in [-0.15, -0.1) is 0 Å². The molecule has 0 saturated heterocycles. The molecule has 3 N–H and O–H groups in total. The van der Waals surface area contributed by atoms with Crippen molar-refractivity contribution in [2.75, 3.05) is 18.8 Å². The zero-order valence-corrected chi connectivity index (χ0v) is 21.6. The van der Waals surface area contributed by atoms with Gasteiger partial charge in [-0.1, -0.05) is 18.2 Å². The minimum absolute atomic E-state index is 0.0823. The van der Waals surface area contributed by atoms with Crippen LogP contribution in [0.1, 0.15) is 53.4 Å². The van der Waals surface area contributed by atoms with E-state index in [1.165, 1.54) is 0 Å². The molecule has 0 saturated carbocycles. The third-order valence-electron chi connectivity index (χ3n) is 6.85. The first-order valence-electron chi connectivity index (χ1n) is 12.5. The number of rotatable bonds is 2. The second-order valence-electron chi connectivity index (χ2n) is 10.7. The van der Waals surface area contributed by atoms with E-state index in [-0.39, 0.29) is 17.8 Å². The molecule has 5 rings (SSSR count). The number of pyridine rings is 1. The zero-order chi connectivity index (χ0) is 26.5. The lowest BCUT2D eigenvalue weighted by molar-refractivity contribution is 0.0224. The van der Waals surface area contributed by atoms with E-state index in [1.54, 1.807) is 11.0 Å². The number of ether oxygens (including phenoxy) is 1. The molecule has 0 radical (unpaired) electrons. The minimum atomic E-state index is -0.637. The van der Waals surface area contributed by atoms with E-state index in [1.807, 2.05) is 58.0 Å². The van der Waals surface area contributed by atoms with Gasteiger partial charge in [0.2, 0.25) is 5.95 Å². The topological polar surface area (TPSA) is 97.6 Å². The molecule has 192 valence electrons. The standard InChI is InChI=1S/C29H31FN4O3/c1-16-11-23-19(7-9-32-27(23)35)13-21(16)24-14-22(25(30)33-26(24)31)18-5-6-20-15-34(10-8-17(20)12-18)28(36)37-29(2,3)4/h5-6,11-14H,7-10,15H2,1-4H3,(H2,31,33)(H,32,35). The van der Waals surface area contributed by atoms with Crippen LogP contribution in [-0.2, 0) is 24.1 Å². The summed E-state index contributed by atoms with van der Waals surface area (Å²) in [5, 5.41) is 2.86. The van der Waals surface area contributed by atoms with Gasteiger partial charge in [-0.2, -0.15) is 4.39 Å². The molecule has 0 fully saturated rings. The summed E-state index contributed by atoms with van der Waals surface area (Å²) >= 11 is 0. The summed E-state index contributed by atoms with van der Waals surface area (Å²) < 4.78 is 20.6. The molecule has 1 aromatic heterocycles. The minimum Gasteiger partial charge on any atom is -0.444 e. The van der Waals surface area contributed by atoms with Gasteiger partial charge >= 0.3 is 6.09 Å². The lowest BCUT2D eigenvalue weighted by Crippen LogP contribution is -2.39. The second-order valence-corrected chi connectivity index (χ2v) is 10.7. The number of nitrogens with two attached hydrogens (primary N) is 1. The first-order chi connectivity index (χ1) is 17.5. The number of aryl methyl sites for hydroxylation is 1. The largest absolute Gasteiger partial charge is 0.444 e. The summed E-state index contributed by atoms with van der Waals surface area (Å²) in [7, 11) is 0. The van der Waals surface area contributed by atoms with E-state index in [4.69, 9.17) is 10.5 Å². The van der Waals surface area contributed by atoms with Gasteiger partial charge < -0.3 is 20.7 Å². The third-order valence-corrected chi connectivity index (χ3v) is 6.85. The van der Waals surface area contributed by atoms with Crippen LogP contribution in [0.2, 0.25) is 0 Å². The van der Waals surface area contributed by atoms with Gasteiger partial charge in [-0.25, -0.2) is 9.78 Å². The summed E-state index contributed by atoms with van der Waals surface area (Å²) in [5.74, 6) is -0.612. The molecule has 37 heavy (non-hydrogen) atoms. The molecule has 0 unspecified atom stereocenters. The maximum absolute atomic E-state index is 15.1. The zero-order valence-electron chi connectivity index (χ0n) is 21.6. The molecule has 2 aromatic carbocycles. The quantitative estimate of drug-likeness (QED) is 0.480. The molecule has 0 spiro atoms. The molecule has 2 aliphatic heterocycles. The predicted octanol–water partition coefficient (Wildman–Crippen LogP) is 5.02. The van der Waals surface area contributed by atoms with E-state index in [0.717, 1.165) is 34.2 Å². The van der Waals surface area contributed by atoms with Crippen LogP contribution in [0.3, 0.4) is 0 Å². The Balaban J connectivity index is 1.48. The summed E-state index contributed by atoms with van der Waals surface area (Å²) in [4.78, 5) is 30.5. The fourth-order valence-corrected chi connectivity index (χ4v) is 4.99. The average Bonchev–Trinajstić information content (AvgIpc) is 2.83. The number of carbonyl (C=O) groups excluding carboxylic acids is 2. The van der Waals surface area contributed by atoms with Gasteiger partial charge in [0.25, 0.3) is 5.91 Å². The van der Waals surface area contributed by atoms with Gasteiger partial charge in [0, 0.05) is 36.3 Å². The van der Waals surface area contributed by atoms with Gasteiger partial charge in [-0.3, -0.25) is 4.79 Å². The van der Waals surface area contributed by atoms with Crippen molar-refractivity contribution < 1.29 is 18.7 Å². The van der Waals surface area contributed by atoms with Crippen LogP contribution in [0.4, 0.5) is 15.0 Å². The van der Waals surface area contributed by atoms with E-state index in [0.29, 0.717) is 48.3 Å². The molecule has 3 aromatic rings. The summed E-state index contributed by atoms with van der Waals surface area (Å²) in [5.41, 5.74) is 12.7. The SMILES string of the molecule is Cc1cc2c(cc1-c1cc(-c3ccc4c(c3)CCN(C(=O)OC(C)(C)C)C4)c(F)nc1N)CCNC2=O. The highest BCUT2D eigenvalue weighted by Gasteiger charge is 2.26. The number of halogens is 1. The number of fused-ring (bicyclic) bond motifs is 2.